The fourth-order valence-electron chi connectivity index (χ4n) is 3.03. The summed E-state index contributed by atoms with van der Waals surface area (Å²) in [6.07, 6.45) is 7.34. The predicted molar refractivity (Wildman–Crippen MR) is 95.4 cm³/mol. The summed E-state index contributed by atoms with van der Waals surface area (Å²) in [5, 5.41) is 23.0. The van der Waals surface area contributed by atoms with E-state index in [4.69, 9.17) is 0 Å². The molecule has 9 heteroatoms. The van der Waals surface area contributed by atoms with Crippen LogP contribution in [0.3, 0.4) is 0 Å². The quantitative estimate of drug-likeness (QED) is 0.798. The van der Waals surface area contributed by atoms with Gasteiger partial charge in [-0.3, -0.25) is 15.0 Å². The normalized spacial score (nSPS) is 18.8. The molecular weight excluding hydrogens is 340 g/mol. The van der Waals surface area contributed by atoms with Crippen molar-refractivity contribution >= 4 is 22.4 Å². The predicted octanol–water partition coefficient (Wildman–Crippen LogP) is 1.15. The molecule has 1 saturated heterocycles. The van der Waals surface area contributed by atoms with E-state index in [2.05, 4.69) is 25.4 Å². The number of hydrogen-bond donors (Lipinski definition) is 2. The van der Waals surface area contributed by atoms with Gasteiger partial charge in [0.05, 0.1) is 24.5 Å². The molecule has 3 rings (SSSR count). The van der Waals surface area contributed by atoms with Gasteiger partial charge in [0, 0.05) is 25.5 Å². The van der Waals surface area contributed by atoms with Crippen molar-refractivity contribution in [3.8, 4) is 0 Å². The number of rotatable bonds is 6. The van der Waals surface area contributed by atoms with E-state index in [9.17, 15) is 9.90 Å². The van der Waals surface area contributed by atoms with Gasteiger partial charge in [-0.1, -0.05) is 18.3 Å². The van der Waals surface area contributed by atoms with E-state index in [1.807, 2.05) is 24.6 Å². The molecular formula is C16H24N6O2S. The van der Waals surface area contributed by atoms with Crippen LogP contribution in [0.1, 0.15) is 31.7 Å². The fraction of sp³-hybridized carbons (Fsp3) is 0.625. The number of aliphatic hydroxyl groups is 1. The van der Waals surface area contributed by atoms with Crippen LogP contribution in [-0.4, -0.2) is 60.4 Å². The number of aromatic nitrogens is 4. The van der Waals surface area contributed by atoms with Crippen LogP contribution in [0.15, 0.2) is 18.7 Å². The SMILES string of the molecule is CCc1nnc(NC(=O)C(C)N2CCC(O)(Cn3ccnc3)CC2)s1. The molecule has 0 bridgehead atoms. The van der Waals surface area contributed by atoms with Crippen molar-refractivity contribution in [2.75, 3.05) is 18.4 Å². The van der Waals surface area contributed by atoms with Gasteiger partial charge in [-0.2, -0.15) is 0 Å². The zero-order valence-corrected chi connectivity index (χ0v) is 15.4. The Labute approximate surface area is 150 Å². The van der Waals surface area contributed by atoms with Gasteiger partial charge in [0.2, 0.25) is 11.0 Å². The molecule has 0 aromatic carbocycles. The van der Waals surface area contributed by atoms with Crippen LogP contribution in [0.25, 0.3) is 0 Å². The first-order valence-electron chi connectivity index (χ1n) is 8.54. The molecule has 0 saturated carbocycles. The summed E-state index contributed by atoms with van der Waals surface area (Å²) >= 11 is 1.41. The Balaban J connectivity index is 1.52. The number of nitrogens with one attached hydrogen (secondary N) is 1. The number of hydrogen-bond acceptors (Lipinski definition) is 7. The number of nitrogens with zero attached hydrogens (tertiary/aromatic N) is 5. The lowest BCUT2D eigenvalue weighted by atomic mass is 9.90. The number of imidazole rings is 1. The molecule has 3 heterocycles. The molecule has 0 radical (unpaired) electrons. The van der Waals surface area contributed by atoms with E-state index in [0.29, 0.717) is 37.6 Å². The average Bonchev–Trinajstić information content (AvgIpc) is 3.26. The van der Waals surface area contributed by atoms with E-state index in [-0.39, 0.29) is 11.9 Å². The first kappa shape index (κ1) is 18.0. The van der Waals surface area contributed by atoms with Crippen LogP contribution >= 0.6 is 11.3 Å². The van der Waals surface area contributed by atoms with E-state index < -0.39 is 5.60 Å². The lowest BCUT2D eigenvalue weighted by Crippen LogP contribution is -2.52. The number of aryl methyl sites for hydroxylation is 1. The molecule has 1 unspecified atom stereocenters. The molecule has 2 aromatic heterocycles. The smallest absolute Gasteiger partial charge is 0.243 e. The Morgan fingerprint density at radius 3 is 2.80 bits per heavy atom. The monoisotopic (exact) mass is 364 g/mol. The largest absolute Gasteiger partial charge is 0.388 e. The molecule has 1 amide bonds. The van der Waals surface area contributed by atoms with Crippen LogP contribution in [0.5, 0.6) is 0 Å². The first-order chi connectivity index (χ1) is 12.0. The average molecular weight is 364 g/mol. The zero-order valence-electron chi connectivity index (χ0n) is 14.6. The highest BCUT2D eigenvalue weighted by molar-refractivity contribution is 7.15. The molecule has 2 aromatic rings. The molecule has 1 aliphatic heterocycles. The van der Waals surface area contributed by atoms with Crippen LogP contribution in [-0.2, 0) is 17.8 Å². The molecule has 0 aliphatic carbocycles. The number of likely N-dealkylation sites (tertiary alicyclic amines) is 1. The minimum atomic E-state index is -0.747. The molecule has 136 valence electrons. The van der Waals surface area contributed by atoms with Gasteiger partial charge < -0.3 is 9.67 Å². The number of carbonyl (C=O) groups is 1. The van der Waals surface area contributed by atoms with Gasteiger partial charge in [-0.05, 0) is 26.2 Å². The summed E-state index contributed by atoms with van der Waals surface area (Å²) in [6, 6.07) is -0.272. The third-order valence-electron chi connectivity index (χ3n) is 4.69. The van der Waals surface area contributed by atoms with Crippen LogP contribution in [0, 0.1) is 0 Å². The van der Waals surface area contributed by atoms with Crippen molar-refractivity contribution in [2.24, 2.45) is 0 Å². The van der Waals surface area contributed by atoms with Crippen molar-refractivity contribution in [1.82, 2.24) is 24.6 Å². The van der Waals surface area contributed by atoms with Crippen molar-refractivity contribution in [1.29, 1.82) is 0 Å². The van der Waals surface area contributed by atoms with Gasteiger partial charge in [0.1, 0.15) is 5.01 Å². The van der Waals surface area contributed by atoms with Crippen molar-refractivity contribution < 1.29 is 9.90 Å². The minimum Gasteiger partial charge on any atom is -0.388 e. The second kappa shape index (κ2) is 7.59. The molecule has 1 aliphatic rings. The third-order valence-corrected chi connectivity index (χ3v) is 5.67. The second-order valence-electron chi connectivity index (χ2n) is 6.52. The van der Waals surface area contributed by atoms with Crippen molar-refractivity contribution in [3.05, 3.63) is 23.7 Å². The van der Waals surface area contributed by atoms with Crippen LogP contribution in [0.4, 0.5) is 5.13 Å². The van der Waals surface area contributed by atoms with E-state index in [0.717, 1.165) is 11.4 Å². The molecule has 25 heavy (non-hydrogen) atoms. The molecule has 8 nitrogen and oxygen atoms in total. The summed E-state index contributed by atoms with van der Waals surface area (Å²) in [5.74, 6) is -0.0844. The Hall–Kier alpha value is -1.84. The molecule has 1 fully saturated rings. The van der Waals surface area contributed by atoms with E-state index in [1.165, 1.54) is 11.3 Å². The lowest BCUT2D eigenvalue weighted by Gasteiger charge is -2.40. The fourth-order valence-corrected chi connectivity index (χ4v) is 3.71. The van der Waals surface area contributed by atoms with E-state index >= 15 is 0 Å². The lowest BCUT2D eigenvalue weighted by molar-refractivity contribution is -0.123. The number of piperidine rings is 1. The van der Waals surface area contributed by atoms with E-state index in [1.54, 1.807) is 12.5 Å². The summed E-state index contributed by atoms with van der Waals surface area (Å²) in [7, 11) is 0. The zero-order chi connectivity index (χ0) is 17.9. The minimum absolute atomic E-state index is 0.0844. The highest BCUT2D eigenvalue weighted by Gasteiger charge is 2.35. The maximum absolute atomic E-state index is 12.4. The highest BCUT2D eigenvalue weighted by Crippen LogP contribution is 2.26. The molecule has 2 N–H and O–H groups in total. The van der Waals surface area contributed by atoms with Gasteiger partial charge >= 0.3 is 0 Å². The Bertz CT molecular complexity index is 693. The molecule has 0 spiro atoms. The summed E-state index contributed by atoms with van der Waals surface area (Å²) in [6.45, 7) is 5.78. The number of amides is 1. The van der Waals surface area contributed by atoms with Crippen LogP contribution < -0.4 is 5.32 Å². The molecule has 1 atom stereocenters. The number of carbonyl (C=O) groups excluding carboxylic acids is 1. The van der Waals surface area contributed by atoms with Gasteiger partial charge in [0.15, 0.2) is 0 Å². The maximum atomic E-state index is 12.4. The Morgan fingerprint density at radius 2 is 2.20 bits per heavy atom. The van der Waals surface area contributed by atoms with Gasteiger partial charge in [0.25, 0.3) is 0 Å². The summed E-state index contributed by atoms with van der Waals surface area (Å²) in [5.41, 5.74) is -0.747. The number of anilines is 1. The highest BCUT2D eigenvalue weighted by atomic mass is 32.1. The standard InChI is InChI=1S/C16H24N6O2S/c1-3-13-19-20-15(25-13)18-14(23)12(2)22-7-4-16(24,5-8-22)10-21-9-6-17-11-21/h6,9,11-12,24H,3-5,7-8,10H2,1-2H3,(H,18,20,23). The summed E-state index contributed by atoms with van der Waals surface area (Å²) in [4.78, 5) is 18.5. The van der Waals surface area contributed by atoms with Gasteiger partial charge in [-0.25, -0.2) is 4.98 Å². The second-order valence-corrected chi connectivity index (χ2v) is 7.58. The summed E-state index contributed by atoms with van der Waals surface area (Å²) < 4.78 is 1.90. The Kier molecular flexibility index (Phi) is 5.45. The Morgan fingerprint density at radius 1 is 1.44 bits per heavy atom. The van der Waals surface area contributed by atoms with Gasteiger partial charge in [-0.15, -0.1) is 10.2 Å². The first-order valence-corrected chi connectivity index (χ1v) is 9.36. The third kappa shape index (κ3) is 4.42. The maximum Gasteiger partial charge on any atom is 0.243 e. The van der Waals surface area contributed by atoms with Crippen LogP contribution in [0.2, 0.25) is 0 Å². The van der Waals surface area contributed by atoms with Crippen molar-refractivity contribution in [3.63, 3.8) is 0 Å². The van der Waals surface area contributed by atoms with Crippen molar-refractivity contribution in [2.45, 2.75) is 51.3 Å². The topological polar surface area (TPSA) is 96.2 Å².